The fraction of sp³-hybridized carbons (Fsp3) is 0.750. The molecule has 0 unspecified atom stereocenters. The Kier molecular flexibility index (Phi) is 3.91. The van der Waals surface area contributed by atoms with Gasteiger partial charge in [-0.05, 0) is 53.0 Å². The molecule has 1 heterocycles. The van der Waals surface area contributed by atoms with E-state index in [0.717, 1.165) is 18.5 Å². The van der Waals surface area contributed by atoms with Crippen LogP contribution >= 0.6 is 0 Å². The van der Waals surface area contributed by atoms with Crippen LogP contribution in [0.5, 0.6) is 0 Å². The molecule has 0 aliphatic rings. The Morgan fingerprint density at radius 1 is 1.27 bits per heavy atom. The van der Waals surface area contributed by atoms with Crippen molar-refractivity contribution in [1.29, 1.82) is 0 Å². The van der Waals surface area contributed by atoms with Crippen molar-refractivity contribution in [3.05, 3.63) is 17.0 Å². The van der Waals surface area contributed by atoms with Crippen LogP contribution in [0, 0.1) is 13.8 Å². The zero-order chi connectivity index (χ0) is 11.6. The van der Waals surface area contributed by atoms with Gasteiger partial charge >= 0.3 is 0 Å². The smallest absolute Gasteiger partial charge is 0.0628 e. The second-order valence-corrected chi connectivity index (χ2v) is 4.58. The molecule has 0 radical (unpaired) electrons. The Morgan fingerprint density at radius 2 is 1.87 bits per heavy atom. The molecule has 15 heavy (non-hydrogen) atoms. The summed E-state index contributed by atoms with van der Waals surface area (Å²) in [5, 5.41) is 13.8. The monoisotopic (exact) mass is 210 g/mol. The molecule has 86 valence electrons. The molecule has 0 amide bonds. The Morgan fingerprint density at radius 3 is 2.27 bits per heavy atom. The van der Waals surface area contributed by atoms with Gasteiger partial charge in [0.2, 0.25) is 0 Å². The second-order valence-electron chi connectivity index (χ2n) is 4.58. The van der Waals surface area contributed by atoms with Gasteiger partial charge < -0.3 is 5.11 Å². The summed E-state index contributed by atoms with van der Waals surface area (Å²) in [5.74, 6) is 0. The summed E-state index contributed by atoms with van der Waals surface area (Å²) in [7, 11) is 0. The van der Waals surface area contributed by atoms with Crippen molar-refractivity contribution in [2.75, 3.05) is 0 Å². The van der Waals surface area contributed by atoms with E-state index in [-0.39, 0.29) is 6.10 Å². The van der Waals surface area contributed by atoms with Gasteiger partial charge in [-0.15, -0.1) is 0 Å². The van der Waals surface area contributed by atoms with Gasteiger partial charge in [0.05, 0.1) is 11.8 Å². The standard InChI is InChI=1S/C12H22N2O/c1-8(2)14-11(5)12(10(4)13-14)7-6-9(3)15/h8-9,15H,6-7H2,1-5H3/t9-/m1/s1. The van der Waals surface area contributed by atoms with Crippen LogP contribution in [-0.2, 0) is 6.42 Å². The van der Waals surface area contributed by atoms with Crippen LogP contribution in [0.25, 0.3) is 0 Å². The van der Waals surface area contributed by atoms with E-state index in [1.165, 1.54) is 11.3 Å². The van der Waals surface area contributed by atoms with Crippen molar-refractivity contribution in [3.8, 4) is 0 Å². The average molecular weight is 210 g/mol. The molecule has 0 aliphatic heterocycles. The number of hydrogen-bond donors (Lipinski definition) is 1. The van der Waals surface area contributed by atoms with Crippen molar-refractivity contribution in [3.63, 3.8) is 0 Å². The molecule has 3 heteroatoms. The van der Waals surface area contributed by atoms with Crippen molar-refractivity contribution in [2.24, 2.45) is 0 Å². The number of aryl methyl sites for hydroxylation is 1. The van der Waals surface area contributed by atoms with Crippen molar-refractivity contribution < 1.29 is 5.11 Å². The zero-order valence-corrected chi connectivity index (χ0v) is 10.4. The van der Waals surface area contributed by atoms with E-state index in [1.54, 1.807) is 0 Å². The summed E-state index contributed by atoms with van der Waals surface area (Å²) in [6.45, 7) is 10.3. The van der Waals surface area contributed by atoms with Gasteiger partial charge in [-0.3, -0.25) is 4.68 Å². The highest BCUT2D eigenvalue weighted by molar-refractivity contribution is 5.25. The normalized spacial score (nSPS) is 13.5. The Labute approximate surface area is 92.1 Å². The van der Waals surface area contributed by atoms with E-state index in [1.807, 2.05) is 13.8 Å². The fourth-order valence-corrected chi connectivity index (χ4v) is 1.91. The second kappa shape index (κ2) is 4.79. The van der Waals surface area contributed by atoms with E-state index in [9.17, 15) is 5.11 Å². The lowest BCUT2D eigenvalue weighted by molar-refractivity contribution is 0.185. The van der Waals surface area contributed by atoms with Crippen molar-refractivity contribution in [1.82, 2.24) is 9.78 Å². The number of aromatic nitrogens is 2. The minimum atomic E-state index is -0.230. The highest BCUT2D eigenvalue weighted by Crippen LogP contribution is 2.19. The predicted octanol–water partition coefficient (Wildman–Crippen LogP) is 2.39. The number of nitrogens with zero attached hydrogens (tertiary/aromatic N) is 2. The summed E-state index contributed by atoms with van der Waals surface area (Å²) < 4.78 is 2.06. The molecule has 0 fully saturated rings. The topological polar surface area (TPSA) is 38.0 Å². The molecule has 0 aromatic carbocycles. The van der Waals surface area contributed by atoms with E-state index in [0.29, 0.717) is 6.04 Å². The van der Waals surface area contributed by atoms with Crippen molar-refractivity contribution in [2.45, 2.75) is 59.6 Å². The van der Waals surface area contributed by atoms with Gasteiger partial charge in [0, 0.05) is 11.7 Å². The molecular formula is C12H22N2O. The lowest BCUT2D eigenvalue weighted by atomic mass is 10.1. The first-order valence-electron chi connectivity index (χ1n) is 5.66. The summed E-state index contributed by atoms with van der Waals surface area (Å²) in [6, 6.07) is 0.406. The van der Waals surface area contributed by atoms with E-state index in [4.69, 9.17) is 0 Å². The third-order valence-electron chi connectivity index (χ3n) is 2.78. The molecule has 0 saturated carbocycles. The zero-order valence-electron chi connectivity index (χ0n) is 10.4. The third-order valence-corrected chi connectivity index (χ3v) is 2.78. The number of aliphatic hydroxyl groups excluding tert-OH is 1. The van der Waals surface area contributed by atoms with Gasteiger partial charge in [0.1, 0.15) is 0 Å². The molecule has 1 rings (SSSR count). The third kappa shape index (κ3) is 2.81. The van der Waals surface area contributed by atoms with Crippen LogP contribution in [0.15, 0.2) is 0 Å². The summed E-state index contributed by atoms with van der Waals surface area (Å²) in [5.41, 5.74) is 3.63. The molecule has 0 saturated heterocycles. The maximum atomic E-state index is 9.28. The highest BCUT2D eigenvalue weighted by Gasteiger charge is 2.13. The van der Waals surface area contributed by atoms with Crippen LogP contribution in [0.3, 0.4) is 0 Å². The highest BCUT2D eigenvalue weighted by atomic mass is 16.3. The Balaban J connectivity index is 2.88. The molecular weight excluding hydrogens is 188 g/mol. The van der Waals surface area contributed by atoms with Crippen LogP contribution in [0.1, 0.15) is 50.2 Å². The molecule has 1 aromatic heterocycles. The fourth-order valence-electron chi connectivity index (χ4n) is 1.91. The van der Waals surface area contributed by atoms with E-state index < -0.39 is 0 Å². The van der Waals surface area contributed by atoms with Crippen LogP contribution < -0.4 is 0 Å². The average Bonchev–Trinajstić information content (AvgIpc) is 2.39. The minimum absolute atomic E-state index is 0.230. The lowest BCUT2D eigenvalue weighted by Gasteiger charge is -2.09. The number of hydrogen-bond acceptors (Lipinski definition) is 2. The number of rotatable bonds is 4. The summed E-state index contributed by atoms with van der Waals surface area (Å²) >= 11 is 0. The van der Waals surface area contributed by atoms with E-state index >= 15 is 0 Å². The molecule has 0 bridgehead atoms. The largest absolute Gasteiger partial charge is 0.393 e. The van der Waals surface area contributed by atoms with Crippen LogP contribution in [0.4, 0.5) is 0 Å². The summed E-state index contributed by atoms with van der Waals surface area (Å²) in [6.07, 6.45) is 1.50. The number of aliphatic hydroxyl groups is 1. The molecule has 0 aliphatic carbocycles. The van der Waals surface area contributed by atoms with E-state index in [2.05, 4.69) is 30.6 Å². The lowest BCUT2D eigenvalue weighted by Crippen LogP contribution is -2.06. The van der Waals surface area contributed by atoms with Gasteiger partial charge in [0.25, 0.3) is 0 Å². The summed E-state index contributed by atoms with van der Waals surface area (Å²) in [4.78, 5) is 0. The minimum Gasteiger partial charge on any atom is -0.393 e. The molecule has 1 N–H and O–H groups in total. The maximum Gasteiger partial charge on any atom is 0.0628 e. The quantitative estimate of drug-likeness (QED) is 0.828. The van der Waals surface area contributed by atoms with Crippen molar-refractivity contribution >= 4 is 0 Å². The van der Waals surface area contributed by atoms with Gasteiger partial charge in [-0.2, -0.15) is 5.10 Å². The molecule has 1 atom stereocenters. The SMILES string of the molecule is Cc1nn(C(C)C)c(C)c1CC[C@@H](C)O. The van der Waals surface area contributed by atoms with Gasteiger partial charge in [0.15, 0.2) is 0 Å². The van der Waals surface area contributed by atoms with Gasteiger partial charge in [-0.1, -0.05) is 0 Å². The first-order chi connectivity index (χ1) is 6.93. The van der Waals surface area contributed by atoms with Crippen LogP contribution in [0.2, 0.25) is 0 Å². The maximum absolute atomic E-state index is 9.28. The first kappa shape index (κ1) is 12.2. The molecule has 1 aromatic rings. The Hall–Kier alpha value is -0.830. The first-order valence-corrected chi connectivity index (χ1v) is 5.66. The predicted molar refractivity (Wildman–Crippen MR) is 62.1 cm³/mol. The van der Waals surface area contributed by atoms with Crippen LogP contribution in [-0.4, -0.2) is 21.0 Å². The van der Waals surface area contributed by atoms with Gasteiger partial charge in [-0.25, -0.2) is 0 Å². The molecule has 3 nitrogen and oxygen atoms in total. The molecule has 0 spiro atoms. The Bertz CT molecular complexity index is 327.